The van der Waals surface area contributed by atoms with Gasteiger partial charge in [0.25, 0.3) is 0 Å². The molecule has 1 aromatic rings. The third-order valence-electron chi connectivity index (χ3n) is 13.2. The molecule has 262 valence electrons. The molecule has 3 unspecified atom stereocenters. The number of hydrogen-bond donors (Lipinski definition) is 1. The largest absolute Gasteiger partial charge is 0.451 e. The summed E-state index contributed by atoms with van der Waals surface area (Å²) in [5.74, 6) is 2.10. The van der Waals surface area contributed by atoms with Crippen LogP contribution in [0.2, 0.25) is 36.3 Å². The van der Waals surface area contributed by atoms with Gasteiger partial charge in [0.2, 0.25) is 0 Å². The smallest absolute Gasteiger partial charge is 0.192 e. The lowest BCUT2D eigenvalue weighted by Crippen LogP contribution is -2.48. The van der Waals surface area contributed by atoms with E-state index in [9.17, 15) is 5.11 Å². The van der Waals surface area contributed by atoms with Gasteiger partial charge in [-0.3, -0.25) is 0 Å². The average Bonchev–Trinajstić information content (AvgIpc) is 3.58. The highest BCUT2D eigenvalue weighted by Crippen LogP contribution is 2.60. The van der Waals surface area contributed by atoms with Gasteiger partial charge >= 0.3 is 0 Å². The van der Waals surface area contributed by atoms with Crippen molar-refractivity contribution in [1.29, 1.82) is 0 Å². The van der Waals surface area contributed by atoms with Gasteiger partial charge in [0, 0.05) is 0 Å². The zero-order valence-corrected chi connectivity index (χ0v) is 33.7. The molecule has 0 spiro atoms. The second-order valence-corrected chi connectivity index (χ2v) is 28.2. The predicted octanol–water partition coefficient (Wildman–Crippen LogP) is 11.5. The van der Waals surface area contributed by atoms with Crippen LogP contribution in [0, 0.1) is 23.2 Å². The molecule has 3 fully saturated rings. The van der Waals surface area contributed by atoms with Crippen LogP contribution in [-0.4, -0.2) is 38.9 Å². The highest BCUT2D eigenvalue weighted by Gasteiger charge is 2.50. The van der Waals surface area contributed by atoms with Crippen LogP contribution in [0.25, 0.3) is 0 Å². The molecule has 1 N–H and O–H groups in total. The molecule has 1 heterocycles. The maximum atomic E-state index is 10.5. The Hall–Kier alpha value is -0.996. The molecule has 3 aliphatic rings. The number of aliphatic hydroxyl groups excluding tert-OH is 1. The van der Waals surface area contributed by atoms with Gasteiger partial charge in [0.1, 0.15) is 12.0 Å². The zero-order valence-electron chi connectivity index (χ0n) is 31.7. The fraction of sp³-hybridized carbons (Fsp3) is 0.821. The lowest BCUT2D eigenvalue weighted by molar-refractivity contribution is 0.0725. The summed E-state index contributed by atoms with van der Waals surface area (Å²) in [4.78, 5) is 4.14. The van der Waals surface area contributed by atoms with Crippen LogP contribution in [-0.2, 0) is 8.85 Å². The van der Waals surface area contributed by atoms with Gasteiger partial charge in [-0.1, -0.05) is 91.5 Å². The molecule has 0 aromatic carbocycles. The number of aromatic nitrogens is 1. The van der Waals surface area contributed by atoms with Crippen molar-refractivity contribution in [3.8, 4) is 0 Å². The van der Waals surface area contributed by atoms with Gasteiger partial charge < -0.3 is 18.4 Å². The third-order valence-corrected chi connectivity index (χ3v) is 22.3. The number of hydrogen-bond acceptors (Lipinski definition) is 5. The van der Waals surface area contributed by atoms with E-state index < -0.39 is 22.7 Å². The van der Waals surface area contributed by atoms with Crippen LogP contribution in [0.5, 0.6) is 0 Å². The van der Waals surface area contributed by atoms with Crippen LogP contribution in [0.1, 0.15) is 138 Å². The molecule has 0 aliphatic heterocycles. The SMILES string of the molecule is C[C@H](CCCC(O)c1cocn1)[C@H]1CC[C@H]2/C(=C/C=C3CC(O[Si](C)(C)C(C)(C)C)CC(O[Si](C)(C)C(C)(C)C)C3)CCC[C@]12C. The minimum Gasteiger partial charge on any atom is -0.451 e. The van der Waals surface area contributed by atoms with Crippen LogP contribution >= 0.6 is 0 Å². The van der Waals surface area contributed by atoms with Crippen molar-refractivity contribution in [2.75, 3.05) is 0 Å². The van der Waals surface area contributed by atoms with E-state index in [1.54, 1.807) is 11.8 Å². The minimum atomic E-state index is -1.89. The first-order valence-corrected chi connectivity index (χ1v) is 24.4. The fourth-order valence-corrected chi connectivity index (χ4v) is 11.2. The fourth-order valence-electron chi connectivity index (χ4n) is 8.44. The van der Waals surface area contributed by atoms with E-state index in [4.69, 9.17) is 13.3 Å². The Morgan fingerprint density at radius 2 is 1.59 bits per heavy atom. The molecule has 46 heavy (non-hydrogen) atoms. The molecule has 5 nitrogen and oxygen atoms in total. The Bertz CT molecular complexity index is 1150. The van der Waals surface area contributed by atoms with Gasteiger partial charge in [0.05, 0.1) is 18.3 Å². The minimum absolute atomic E-state index is 0.200. The second-order valence-electron chi connectivity index (χ2n) is 18.6. The molecule has 0 radical (unpaired) electrons. The number of rotatable bonds is 11. The zero-order chi connectivity index (χ0) is 34.1. The van der Waals surface area contributed by atoms with Gasteiger partial charge in [-0.2, -0.15) is 0 Å². The lowest BCUT2D eigenvalue weighted by atomic mass is 9.60. The van der Waals surface area contributed by atoms with Crippen molar-refractivity contribution >= 4 is 16.6 Å². The Labute approximate surface area is 284 Å². The molecular formula is C39H69NO4Si2. The molecule has 4 rings (SSSR count). The maximum absolute atomic E-state index is 10.5. The molecule has 7 heteroatoms. The first-order chi connectivity index (χ1) is 21.2. The van der Waals surface area contributed by atoms with Gasteiger partial charge in [-0.05, 0) is 117 Å². The number of aliphatic hydroxyl groups is 1. The third kappa shape index (κ3) is 8.77. The van der Waals surface area contributed by atoms with Gasteiger partial charge in [0.15, 0.2) is 23.0 Å². The Morgan fingerprint density at radius 3 is 2.13 bits per heavy atom. The normalized spacial score (nSPS) is 30.4. The first-order valence-electron chi connectivity index (χ1n) is 18.5. The van der Waals surface area contributed by atoms with Crippen LogP contribution in [0.4, 0.5) is 0 Å². The van der Waals surface area contributed by atoms with E-state index in [0.29, 0.717) is 22.9 Å². The van der Waals surface area contributed by atoms with Crippen LogP contribution < -0.4 is 0 Å². The summed E-state index contributed by atoms with van der Waals surface area (Å²) >= 11 is 0. The van der Waals surface area contributed by atoms with E-state index in [1.165, 1.54) is 44.1 Å². The quantitative estimate of drug-likeness (QED) is 0.237. The van der Waals surface area contributed by atoms with E-state index in [0.717, 1.165) is 44.4 Å². The Kier molecular flexibility index (Phi) is 11.9. The molecule has 1 aromatic heterocycles. The summed E-state index contributed by atoms with van der Waals surface area (Å²) in [6, 6.07) is 0. The average molecular weight is 672 g/mol. The summed E-state index contributed by atoms with van der Waals surface area (Å²) < 4.78 is 19.2. The molecule has 3 saturated carbocycles. The van der Waals surface area contributed by atoms with Gasteiger partial charge in [-0.15, -0.1) is 0 Å². The molecule has 0 saturated heterocycles. The molecule has 0 amide bonds. The number of oxazole rings is 1. The van der Waals surface area contributed by atoms with E-state index >= 15 is 0 Å². The maximum Gasteiger partial charge on any atom is 0.192 e. The highest BCUT2D eigenvalue weighted by atomic mass is 28.4. The summed E-state index contributed by atoms with van der Waals surface area (Å²) in [6.45, 7) is 28.8. The van der Waals surface area contributed by atoms with Crippen molar-refractivity contribution in [3.63, 3.8) is 0 Å². The summed E-state index contributed by atoms with van der Waals surface area (Å²) in [7, 11) is -3.77. The Morgan fingerprint density at radius 1 is 0.978 bits per heavy atom. The van der Waals surface area contributed by atoms with Crippen LogP contribution in [0.3, 0.4) is 0 Å². The molecular weight excluding hydrogens is 603 g/mol. The Balaban J connectivity index is 1.47. The predicted molar refractivity (Wildman–Crippen MR) is 197 cm³/mol. The number of allylic oxidation sites excluding steroid dienone is 3. The number of nitrogens with zero attached hydrogens (tertiary/aromatic N) is 1. The molecule has 0 bridgehead atoms. The van der Waals surface area contributed by atoms with E-state index in [1.807, 2.05) is 0 Å². The van der Waals surface area contributed by atoms with E-state index in [-0.39, 0.29) is 22.3 Å². The molecule has 7 atom stereocenters. The first kappa shape index (κ1) is 37.8. The number of fused-ring (bicyclic) bond motifs is 1. The lowest BCUT2D eigenvalue weighted by Gasteiger charge is -2.45. The van der Waals surface area contributed by atoms with Crippen molar-refractivity contribution in [2.45, 2.75) is 181 Å². The summed E-state index contributed by atoms with van der Waals surface area (Å²) in [5.41, 5.74) is 4.24. The van der Waals surface area contributed by atoms with Crippen LogP contribution in [0.15, 0.2) is 40.4 Å². The second kappa shape index (κ2) is 14.5. The van der Waals surface area contributed by atoms with Crippen molar-refractivity contribution in [2.24, 2.45) is 23.2 Å². The topological polar surface area (TPSA) is 64.7 Å². The van der Waals surface area contributed by atoms with E-state index in [2.05, 4.69) is 98.7 Å². The van der Waals surface area contributed by atoms with Gasteiger partial charge in [-0.25, -0.2) is 4.98 Å². The van der Waals surface area contributed by atoms with Crippen molar-refractivity contribution < 1.29 is 18.4 Å². The highest BCUT2D eigenvalue weighted by molar-refractivity contribution is 6.74. The summed E-state index contributed by atoms with van der Waals surface area (Å²) in [6.07, 6.45) is 20.5. The van der Waals surface area contributed by atoms with Crippen molar-refractivity contribution in [3.05, 3.63) is 41.6 Å². The standard InChI is InChI=1S/C39H69NO4Si2/c1-28(15-13-17-36(41)35-26-42-27-40-35)33-20-21-34-30(16-14-22-39(33,34)8)19-18-29-23-31(43-45(9,10)37(2,3)4)25-32(24-29)44-46(11,12)38(5,6)7/h18-19,26-28,31-34,36,41H,13-17,20-25H2,1-12H3/b29-18?,30-19+/t28-,31?,32?,33-,34+,36?,39-/m1/s1. The molecule has 3 aliphatic carbocycles. The monoisotopic (exact) mass is 671 g/mol. The van der Waals surface area contributed by atoms with Crippen molar-refractivity contribution in [1.82, 2.24) is 4.98 Å². The summed E-state index contributed by atoms with van der Waals surface area (Å²) in [5, 5.41) is 10.9.